The van der Waals surface area contributed by atoms with Gasteiger partial charge in [0.25, 0.3) is 0 Å². The zero-order chi connectivity index (χ0) is 19.5. The summed E-state index contributed by atoms with van der Waals surface area (Å²) in [6.07, 6.45) is -0.328. The number of esters is 1. The number of halogens is 1. The molecular weight excluding hydrogens is 360 g/mol. The van der Waals surface area contributed by atoms with Crippen LogP contribution in [-0.2, 0) is 9.47 Å². The standard InChI is InChI=1S/C18H25ClN2O5/c1-18(2,3)26-17(23)21-8-6-20(7-9-21)14-11-12(19)10-13(15(14)24-4)16(22)25-5/h10-11H,6-9H2,1-5H3. The van der Waals surface area contributed by atoms with Crippen molar-refractivity contribution in [3.63, 3.8) is 0 Å². The Morgan fingerprint density at radius 1 is 1.08 bits per heavy atom. The molecule has 0 aliphatic carbocycles. The molecule has 1 aromatic carbocycles. The molecule has 8 heteroatoms. The van der Waals surface area contributed by atoms with Crippen molar-refractivity contribution in [2.45, 2.75) is 26.4 Å². The molecule has 1 heterocycles. The number of rotatable bonds is 3. The SMILES string of the molecule is COC(=O)c1cc(Cl)cc(N2CCN(C(=O)OC(C)(C)C)CC2)c1OC. The molecule has 0 N–H and O–H groups in total. The first-order valence-electron chi connectivity index (χ1n) is 8.35. The molecule has 1 aliphatic heterocycles. The van der Waals surface area contributed by atoms with E-state index in [-0.39, 0.29) is 11.7 Å². The molecule has 26 heavy (non-hydrogen) atoms. The van der Waals surface area contributed by atoms with Crippen molar-refractivity contribution in [2.75, 3.05) is 45.3 Å². The number of hydrogen-bond donors (Lipinski definition) is 0. The molecule has 0 spiro atoms. The summed E-state index contributed by atoms with van der Waals surface area (Å²) in [4.78, 5) is 27.9. The molecule has 1 saturated heterocycles. The van der Waals surface area contributed by atoms with Crippen molar-refractivity contribution < 1.29 is 23.8 Å². The summed E-state index contributed by atoms with van der Waals surface area (Å²) < 4.78 is 15.7. The van der Waals surface area contributed by atoms with E-state index in [1.807, 2.05) is 25.7 Å². The van der Waals surface area contributed by atoms with Gasteiger partial charge < -0.3 is 24.0 Å². The van der Waals surface area contributed by atoms with Crippen molar-refractivity contribution in [1.82, 2.24) is 4.90 Å². The Morgan fingerprint density at radius 2 is 1.69 bits per heavy atom. The minimum atomic E-state index is -0.528. The van der Waals surface area contributed by atoms with Crippen LogP contribution in [-0.4, -0.2) is 63.0 Å². The van der Waals surface area contributed by atoms with Gasteiger partial charge in [0.05, 0.1) is 19.9 Å². The first-order chi connectivity index (χ1) is 12.2. The topological polar surface area (TPSA) is 68.3 Å². The van der Waals surface area contributed by atoms with Gasteiger partial charge >= 0.3 is 12.1 Å². The number of amides is 1. The molecular formula is C18H25ClN2O5. The predicted octanol–water partition coefficient (Wildman–Crippen LogP) is 3.19. The fourth-order valence-electron chi connectivity index (χ4n) is 2.75. The van der Waals surface area contributed by atoms with Gasteiger partial charge in [0.2, 0.25) is 0 Å². The lowest BCUT2D eigenvalue weighted by molar-refractivity contribution is 0.0240. The first-order valence-corrected chi connectivity index (χ1v) is 8.73. The van der Waals surface area contributed by atoms with Gasteiger partial charge in [-0.3, -0.25) is 0 Å². The average molecular weight is 385 g/mol. The first kappa shape index (κ1) is 20.2. The molecule has 0 radical (unpaired) electrons. The molecule has 1 aromatic rings. The lowest BCUT2D eigenvalue weighted by atomic mass is 10.1. The number of methoxy groups -OCH3 is 2. The van der Waals surface area contributed by atoms with Crippen molar-refractivity contribution in [1.29, 1.82) is 0 Å². The summed E-state index contributed by atoms with van der Waals surface area (Å²) in [5.74, 6) is -0.107. The zero-order valence-corrected chi connectivity index (χ0v) is 16.6. The number of carbonyl (C=O) groups excluding carboxylic acids is 2. The maximum absolute atomic E-state index is 12.2. The Morgan fingerprint density at radius 3 is 2.19 bits per heavy atom. The second-order valence-corrected chi connectivity index (χ2v) is 7.39. The van der Waals surface area contributed by atoms with E-state index in [0.29, 0.717) is 42.6 Å². The van der Waals surface area contributed by atoms with Crippen LogP contribution < -0.4 is 9.64 Å². The van der Waals surface area contributed by atoms with Gasteiger partial charge in [0, 0.05) is 31.2 Å². The van der Waals surface area contributed by atoms with Gasteiger partial charge in [-0.05, 0) is 32.9 Å². The van der Waals surface area contributed by atoms with Gasteiger partial charge in [-0.2, -0.15) is 0 Å². The Balaban J connectivity index is 2.18. The summed E-state index contributed by atoms with van der Waals surface area (Å²) >= 11 is 6.18. The summed E-state index contributed by atoms with van der Waals surface area (Å²) in [6, 6.07) is 3.27. The van der Waals surface area contributed by atoms with Crippen molar-refractivity contribution in [3.8, 4) is 5.75 Å². The highest BCUT2D eigenvalue weighted by Crippen LogP contribution is 2.36. The molecule has 0 aromatic heterocycles. The fourth-order valence-corrected chi connectivity index (χ4v) is 2.96. The van der Waals surface area contributed by atoms with E-state index in [0.717, 1.165) is 0 Å². The highest BCUT2D eigenvalue weighted by Gasteiger charge is 2.28. The minimum Gasteiger partial charge on any atom is -0.494 e. The molecule has 7 nitrogen and oxygen atoms in total. The Hall–Kier alpha value is -2.15. The molecule has 0 saturated carbocycles. The Bertz CT molecular complexity index is 679. The van der Waals surface area contributed by atoms with Gasteiger partial charge in [0.1, 0.15) is 11.2 Å². The fraction of sp³-hybridized carbons (Fsp3) is 0.556. The Labute approximate surface area is 158 Å². The van der Waals surface area contributed by atoms with Gasteiger partial charge in [-0.25, -0.2) is 9.59 Å². The Kier molecular flexibility index (Phi) is 6.23. The number of nitrogens with zero attached hydrogens (tertiary/aromatic N) is 2. The van der Waals surface area contributed by atoms with E-state index in [4.69, 9.17) is 25.8 Å². The summed E-state index contributed by atoms with van der Waals surface area (Å²) in [6.45, 7) is 7.65. The number of anilines is 1. The predicted molar refractivity (Wildman–Crippen MR) is 99.4 cm³/mol. The van der Waals surface area contributed by atoms with Crippen molar-refractivity contribution in [3.05, 3.63) is 22.7 Å². The van der Waals surface area contributed by atoms with Crippen LogP contribution in [0.5, 0.6) is 5.75 Å². The van der Waals surface area contributed by atoms with Crippen LogP contribution in [0.4, 0.5) is 10.5 Å². The smallest absolute Gasteiger partial charge is 0.410 e. The highest BCUT2D eigenvalue weighted by atomic mass is 35.5. The third-order valence-corrected chi connectivity index (χ3v) is 4.13. The quantitative estimate of drug-likeness (QED) is 0.745. The number of benzene rings is 1. The lowest BCUT2D eigenvalue weighted by Crippen LogP contribution is -2.50. The number of carbonyl (C=O) groups is 2. The third-order valence-electron chi connectivity index (χ3n) is 3.92. The second-order valence-electron chi connectivity index (χ2n) is 6.95. The number of hydrogen-bond acceptors (Lipinski definition) is 6. The van der Waals surface area contributed by atoms with Crippen LogP contribution in [0, 0.1) is 0 Å². The monoisotopic (exact) mass is 384 g/mol. The number of ether oxygens (including phenoxy) is 3. The largest absolute Gasteiger partial charge is 0.494 e. The average Bonchev–Trinajstić information content (AvgIpc) is 2.59. The molecule has 0 bridgehead atoms. The summed E-state index contributed by atoms with van der Waals surface area (Å²) in [5.41, 5.74) is 0.441. The lowest BCUT2D eigenvalue weighted by Gasteiger charge is -2.37. The molecule has 2 rings (SSSR count). The third kappa shape index (κ3) is 4.72. The molecule has 1 fully saturated rings. The van der Waals surface area contributed by atoms with E-state index in [9.17, 15) is 9.59 Å². The van der Waals surface area contributed by atoms with Crippen LogP contribution >= 0.6 is 11.6 Å². The van der Waals surface area contributed by atoms with E-state index < -0.39 is 11.6 Å². The number of piperazine rings is 1. The molecule has 144 valence electrons. The molecule has 1 aliphatic rings. The van der Waals surface area contributed by atoms with E-state index in [1.54, 1.807) is 11.0 Å². The second kappa shape index (κ2) is 8.03. The molecule has 0 unspecified atom stereocenters. The van der Waals surface area contributed by atoms with E-state index in [1.165, 1.54) is 20.3 Å². The van der Waals surface area contributed by atoms with Crippen LogP contribution in [0.25, 0.3) is 0 Å². The summed E-state index contributed by atoms with van der Waals surface area (Å²) in [5, 5.41) is 0.413. The van der Waals surface area contributed by atoms with Crippen LogP contribution in [0.1, 0.15) is 31.1 Å². The van der Waals surface area contributed by atoms with Gasteiger partial charge in [-0.15, -0.1) is 0 Å². The zero-order valence-electron chi connectivity index (χ0n) is 15.8. The van der Waals surface area contributed by atoms with E-state index >= 15 is 0 Å². The van der Waals surface area contributed by atoms with Crippen molar-refractivity contribution in [2.24, 2.45) is 0 Å². The normalized spacial score (nSPS) is 14.8. The van der Waals surface area contributed by atoms with Gasteiger partial charge in [0.15, 0.2) is 5.75 Å². The van der Waals surface area contributed by atoms with Gasteiger partial charge in [-0.1, -0.05) is 11.6 Å². The highest BCUT2D eigenvalue weighted by molar-refractivity contribution is 6.31. The minimum absolute atomic E-state index is 0.270. The van der Waals surface area contributed by atoms with Crippen molar-refractivity contribution >= 4 is 29.4 Å². The summed E-state index contributed by atoms with van der Waals surface area (Å²) in [7, 11) is 2.80. The molecule has 1 amide bonds. The van der Waals surface area contributed by atoms with Crippen LogP contribution in [0.3, 0.4) is 0 Å². The molecule has 0 atom stereocenters. The maximum atomic E-state index is 12.2. The van der Waals surface area contributed by atoms with E-state index in [2.05, 4.69) is 0 Å². The van der Waals surface area contributed by atoms with Crippen LogP contribution in [0.15, 0.2) is 12.1 Å². The van der Waals surface area contributed by atoms with Crippen LogP contribution in [0.2, 0.25) is 5.02 Å². The maximum Gasteiger partial charge on any atom is 0.410 e.